The summed E-state index contributed by atoms with van der Waals surface area (Å²) in [4.78, 5) is 12.2. The van der Waals surface area contributed by atoms with Gasteiger partial charge >= 0.3 is 0 Å². The summed E-state index contributed by atoms with van der Waals surface area (Å²) < 4.78 is 11.3. The van der Waals surface area contributed by atoms with Gasteiger partial charge in [0.05, 0.1) is 11.5 Å². The predicted molar refractivity (Wildman–Crippen MR) is 72.4 cm³/mol. The molecule has 18 heavy (non-hydrogen) atoms. The molecule has 0 saturated carbocycles. The molecule has 0 atom stereocenters. The highest BCUT2D eigenvalue weighted by Crippen LogP contribution is 2.22. The van der Waals surface area contributed by atoms with Gasteiger partial charge in [-0.1, -0.05) is 6.92 Å². The molecule has 2 rings (SSSR count). The minimum Gasteiger partial charge on any atom is -0.491 e. The minimum atomic E-state index is 0.0624. The molecule has 96 valence electrons. The van der Waals surface area contributed by atoms with Crippen molar-refractivity contribution in [1.29, 1.82) is 0 Å². The van der Waals surface area contributed by atoms with E-state index in [2.05, 4.69) is 0 Å². The SMILES string of the molecule is CCc1c(C)oc2cc(OC(C)C)ccc2c1=O. The van der Waals surface area contributed by atoms with Gasteiger partial charge in [0.1, 0.15) is 17.1 Å². The van der Waals surface area contributed by atoms with E-state index in [9.17, 15) is 4.79 Å². The fourth-order valence-electron chi connectivity index (χ4n) is 2.08. The number of fused-ring (bicyclic) bond motifs is 1. The first kappa shape index (κ1) is 12.7. The largest absolute Gasteiger partial charge is 0.491 e. The summed E-state index contributed by atoms with van der Waals surface area (Å²) in [6.45, 7) is 7.72. The standard InChI is InChI=1S/C15H18O3/c1-5-12-10(4)18-14-8-11(17-9(2)3)6-7-13(14)15(12)16/h6-9H,5H2,1-4H3. The molecule has 3 heteroatoms. The molecule has 0 unspecified atom stereocenters. The maximum Gasteiger partial charge on any atom is 0.196 e. The van der Waals surface area contributed by atoms with Crippen LogP contribution in [0.5, 0.6) is 5.75 Å². The van der Waals surface area contributed by atoms with Gasteiger partial charge in [0.15, 0.2) is 5.43 Å². The minimum absolute atomic E-state index is 0.0624. The Morgan fingerprint density at radius 2 is 2.06 bits per heavy atom. The number of rotatable bonds is 3. The van der Waals surface area contributed by atoms with Crippen LogP contribution in [-0.4, -0.2) is 6.10 Å². The van der Waals surface area contributed by atoms with E-state index in [4.69, 9.17) is 9.15 Å². The van der Waals surface area contributed by atoms with Gasteiger partial charge in [-0.05, 0) is 39.3 Å². The zero-order chi connectivity index (χ0) is 13.3. The van der Waals surface area contributed by atoms with Crippen LogP contribution in [0.4, 0.5) is 0 Å². The predicted octanol–water partition coefficient (Wildman–Crippen LogP) is 3.45. The highest BCUT2D eigenvalue weighted by molar-refractivity contribution is 5.78. The van der Waals surface area contributed by atoms with Crippen LogP contribution in [0.15, 0.2) is 27.4 Å². The van der Waals surface area contributed by atoms with Gasteiger partial charge in [0.2, 0.25) is 0 Å². The fourth-order valence-corrected chi connectivity index (χ4v) is 2.08. The second-order valence-corrected chi connectivity index (χ2v) is 4.64. The van der Waals surface area contributed by atoms with Crippen molar-refractivity contribution in [2.45, 2.75) is 40.2 Å². The molecule has 1 aromatic carbocycles. The summed E-state index contributed by atoms with van der Waals surface area (Å²) in [5.41, 5.74) is 1.40. The second kappa shape index (κ2) is 4.84. The molecule has 3 nitrogen and oxygen atoms in total. The zero-order valence-corrected chi connectivity index (χ0v) is 11.2. The average molecular weight is 246 g/mol. The van der Waals surface area contributed by atoms with Crippen molar-refractivity contribution in [3.8, 4) is 5.75 Å². The number of hydrogen-bond acceptors (Lipinski definition) is 3. The van der Waals surface area contributed by atoms with E-state index < -0.39 is 0 Å². The Labute approximate surface area is 106 Å². The van der Waals surface area contributed by atoms with Crippen molar-refractivity contribution in [2.24, 2.45) is 0 Å². The lowest BCUT2D eigenvalue weighted by atomic mass is 10.1. The highest BCUT2D eigenvalue weighted by Gasteiger charge is 2.10. The Morgan fingerprint density at radius 1 is 1.33 bits per heavy atom. The lowest BCUT2D eigenvalue weighted by Gasteiger charge is -2.10. The van der Waals surface area contributed by atoms with Gasteiger partial charge in [-0.2, -0.15) is 0 Å². The molecule has 0 amide bonds. The summed E-state index contributed by atoms with van der Waals surface area (Å²) in [7, 11) is 0. The third-order valence-electron chi connectivity index (χ3n) is 2.89. The van der Waals surface area contributed by atoms with E-state index in [1.807, 2.05) is 33.8 Å². The Kier molecular flexibility index (Phi) is 3.41. The highest BCUT2D eigenvalue weighted by atomic mass is 16.5. The van der Waals surface area contributed by atoms with Crippen molar-refractivity contribution >= 4 is 11.0 Å². The summed E-state index contributed by atoms with van der Waals surface area (Å²) in [5, 5.41) is 0.619. The molecule has 0 aliphatic heterocycles. The van der Waals surface area contributed by atoms with Crippen LogP contribution >= 0.6 is 0 Å². The number of hydrogen-bond donors (Lipinski definition) is 0. The van der Waals surface area contributed by atoms with E-state index in [0.29, 0.717) is 23.2 Å². The quantitative estimate of drug-likeness (QED) is 0.832. The number of benzene rings is 1. The third kappa shape index (κ3) is 2.26. The van der Waals surface area contributed by atoms with Crippen LogP contribution in [0.25, 0.3) is 11.0 Å². The van der Waals surface area contributed by atoms with Crippen LogP contribution in [0.2, 0.25) is 0 Å². The Morgan fingerprint density at radius 3 is 2.67 bits per heavy atom. The summed E-state index contributed by atoms with van der Waals surface area (Å²) >= 11 is 0. The normalized spacial score (nSPS) is 11.2. The smallest absolute Gasteiger partial charge is 0.196 e. The lowest BCUT2D eigenvalue weighted by Crippen LogP contribution is -2.11. The molecule has 0 N–H and O–H groups in total. The van der Waals surface area contributed by atoms with E-state index in [1.165, 1.54) is 0 Å². The number of aryl methyl sites for hydroxylation is 1. The molecule has 0 fully saturated rings. The maximum atomic E-state index is 12.2. The molecular formula is C15H18O3. The van der Waals surface area contributed by atoms with Crippen LogP contribution < -0.4 is 10.2 Å². The summed E-state index contributed by atoms with van der Waals surface area (Å²) in [6, 6.07) is 5.37. The third-order valence-corrected chi connectivity index (χ3v) is 2.89. The van der Waals surface area contributed by atoms with Crippen LogP contribution in [0.3, 0.4) is 0 Å². The topological polar surface area (TPSA) is 39.4 Å². The first-order chi connectivity index (χ1) is 8.52. The van der Waals surface area contributed by atoms with Crippen LogP contribution in [-0.2, 0) is 6.42 Å². The lowest BCUT2D eigenvalue weighted by molar-refractivity contribution is 0.242. The molecule has 0 radical (unpaired) electrons. The van der Waals surface area contributed by atoms with Gasteiger partial charge in [-0.3, -0.25) is 4.79 Å². The van der Waals surface area contributed by atoms with E-state index >= 15 is 0 Å². The molecule has 0 spiro atoms. The van der Waals surface area contributed by atoms with Gasteiger partial charge < -0.3 is 9.15 Å². The molecule has 1 heterocycles. The van der Waals surface area contributed by atoms with Crippen molar-refractivity contribution in [1.82, 2.24) is 0 Å². The molecule has 2 aromatic rings. The van der Waals surface area contributed by atoms with Crippen LogP contribution in [0, 0.1) is 6.92 Å². The zero-order valence-electron chi connectivity index (χ0n) is 11.2. The first-order valence-corrected chi connectivity index (χ1v) is 6.26. The maximum absolute atomic E-state index is 12.2. The van der Waals surface area contributed by atoms with E-state index in [-0.39, 0.29) is 11.5 Å². The van der Waals surface area contributed by atoms with E-state index in [0.717, 1.165) is 11.3 Å². The van der Waals surface area contributed by atoms with Crippen molar-refractivity contribution in [3.63, 3.8) is 0 Å². The summed E-state index contributed by atoms with van der Waals surface area (Å²) in [6.07, 6.45) is 0.791. The van der Waals surface area contributed by atoms with Gasteiger partial charge in [-0.25, -0.2) is 0 Å². The molecular weight excluding hydrogens is 228 g/mol. The molecule has 0 saturated heterocycles. The van der Waals surface area contributed by atoms with Crippen molar-refractivity contribution in [2.75, 3.05) is 0 Å². The van der Waals surface area contributed by atoms with Gasteiger partial charge in [-0.15, -0.1) is 0 Å². The van der Waals surface area contributed by atoms with Gasteiger partial charge in [0, 0.05) is 11.6 Å². The molecule has 0 aliphatic carbocycles. The van der Waals surface area contributed by atoms with E-state index in [1.54, 1.807) is 12.1 Å². The number of ether oxygens (including phenoxy) is 1. The Bertz CT molecular complexity index is 623. The molecule has 1 aromatic heterocycles. The van der Waals surface area contributed by atoms with Crippen molar-refractivity contribution < 1.29 is 9.15 Å². The van der Waals surface area contributed by atoms with Gasteiger partial charge in [0.25, 0.3) is 0 Å². The Balaban J connectivity index is 2.62. The molecule has 0 aliphatic rings. The van der Waals surface area contributed by atoms with Crippen LogP contribution in [0.1, 0.15) is 32.1 Å². The monoisotopic (exact) mass is 246 g/mol. The average Bonchev–Trinajstić information content (AvgIpc) is 2.28. The second-order valence-electron chi connectivity index (χ2n) is 4.64. The summed E-state index contributed by atoms with van der Waals surface area (Å²) in [5.74, 6) is 1.42. The Hall–Kier alpha value is -1.77. The van der Waals surface area contributed by atoms with Crippen molar-refractivity contribution in [3.05, 3.63) is 39.7 Å². The molecule has 0 bridgehead atoms. The first-order valence-electron chi connectivity index (χ1n) is 6.26. The fraction of sp³-hybridized carbons (Fsp3) is 0.400.